The molecule has 2 aromatic rings. The molecular formula is C11H13N3O. The van der Waals surface area contributed by atoms with Gasteiger partial charge in [-0.3, -0.25) is 4.57 Å². The first-order chi connectivity index (χ1) is 7.25. The highest BCUT2D eigenvalue weighted by Gasteiger charge is 2.22. The van der Waals surface area contributed by atoms with E-state index in [4.69, 9.17) is 0 Å². The third-order valence-corrected chi connectivity index (χ3v) is 3.00. The number of hydrogen-bond donors (Lipinski definition) is 2. The molecule has 0 atom stereocenters. The molecule has 0 aliphatic carbocycles. The Morgan fingerprint density at radius 3 is 2.87 bits per heavy atom. The lowest BCUT2D eigenvalue weighted by atomic mass is 10.1. The monoisotopic (exact) mass is 203 g/mol. The van der Waals surface area contributed by atoms with E-state index < -0.39 is 0 Å². The summed E-state index contributed by atoms with van der Waals surface area (Å²) >= 11 is 0. The highest BCUT2D eigenvalue weighted by Crippen LogP contribution is 2.18. The number of aromatic nitrogens is 2. The Morgan fingerprint density at radius 1 is 1.40 bits per heavy atom. The Labute approximate surface area is 86.9 Å². The quantitative estimate of drug-likeness (QED) is 0.719. The zero-order valence-electron chi connectivity index (χ0n) is 8.58. The predicted octanol–water partition coefficient (Wildman–Crippen LogP) is 0.782. The van der Waals surface area contributed by atoms with Crippen molar-refractivity contribution in [1.82, 2.24) is 14.9 Å². The molecule has 1 saturated heterocycles. The van der Waals surface area contributed by atoms with Crippen molar-refractivity contribution in [2.24, 2.45) is 0 Å². The molecule has 2 N–H and O–H groups in total. The van der Waals surface area contributed by atoms with E-state index in [1.807, 2.05) is 23.6 Å². The number of nitrogens with zero attached hydrogens (tertiary/aromatic N) is 1. The highest BCUT2D eigenvalue weighted by molar-refractivity contribution is 5.76. The third-order valence-electron chi connectivity index (χ3n) is 3.00. The van der Waals surface area contributed by atoms with Crippen LogP contribution in [0.1, 0.15) is 11.6 Å². The first-order valence-electron chi connectivity index (χ1n) is 5.17. The lowest BCUT2D eigenvalue weighted by molar-refractivity contribution is 0.344. The lowest BCUT2D eigenvalue weighted by Crippen LogP contribution is -2.46. The van der Waals surface area contributed by atoms with E-state index in [1.165, 1.54) is 5.56 Å². The molecule has 0 amide bonds. The number of benzene rings is 1. The van der Waals surface area contributed by atoms with Gasteiger partial charge in [0.15, 0.2) is 0 Å². The van der Waals surface area contributed by atoms with Crippen LogP contribution >= 0.6 is 0 Å². The van der Waals surface area contributed by atoms with Crippen LogP contribution in [0.15, 0.2) is 23.0 Å². The van der Waals surface area contributed by atoms with Gasteiger partial charge in [-0.05, 0) is 24.6 Å². The molecule has 2 heterocycles. The first-order valence-corrected chi connectivity index (χ1v) is 5.17. The van der Waals surface area contributed by atoms with Crippen LogP contribution in [-0.4, -0.2) is 22.6 Å². The van der Waals surface area contributed by atoms with Crippen LogP contribution in [0, 0.1) is 6.92 Å². The van der Waals surface area contributed by atoms with E-state index in [9.17, 15) is 4.79 Å². The number of H-pyrrole nitrogens is 1. The minimum Gasteiger partial charge on any atom is -0.313 e. The molecule has 1 fully saturated rings. The van der Waals surface area contributed by atoms with Crippen molar-refractivity contribution in [2.75, 3.05) is 13.1 Å². The van der Waals surface area contributed by atoms with Gasteiger partial charge in [-0.25, -0.2) is 4.79 Å². The Hall–Kier alpha value is -1.55. The van der Waals surface area contributed by atoms with E-state index in [0.29, 0.717) is 6.04 Å². The van der Waals surface area contributed by atoms with Crippen LogP contribution in [0.2, 0.25) is 0 Å². The smallest absolute Gasteiger partial charge is 0.313 e. The fraction of sp³-hybridized carbons (Fsp3) is 0.364. The number of hydrogen-bond acceptors (Lipinski definition) is 2. The van der Waals surface area contributed by atoms with Gasteiger partial charge in [0.2, 0.25) is 0 Å². The second-order valence-electron chi connectivity index (χ2n) is 4.13. The van der Waals surface area contributed by atoms with Gasteiger partial charge in [-0.1, -0.05) is 6.07 Å². The maximum atomic E-state index is 11.8. The van der Waals surface area contributed by atoms with Crippen LogP contribution in [0.3, 0.4) is 0 Å². The molecule has 1 aliphatic heterocycles. The maximum absolute atomic E-state index is 11.8. The first kappa shape index (κ1) is 8.73. The normalized spacial score (nSPS) is 16.9. The van der Waals surface area contributed by atoms with Crippen molar-refractivity contribution in [2.45, 2.75) is 13.0 Å². The van der Waals surface area contributed by atoms with Gasteiger partial charge in [0.25, 0.3) is 0 Å². The molecule has 0 spiro atoms. The molecule has 78 valence electrons. The molecule has 1 aromatic heterocycles. The van der Waals surface area contributed by atoms with Crippen LogP contribution < -0.4 is 11.0 Å². The predicted molar refractivity (Wildman–Crippen MR) is 59.2 cm³/mol. The lowest BCUT2D eigenvalue weighted by Gasteiger charge is -2.28. The van der Waals surface area contributed by atoms with Gasteiger partial charge in [-0.15, -0.1) is 0 Å². The number of fused-ring (bicyclic) bond motifs is 1. The summed E-state index contributed by atoms with van der Waals surface area (Å²) in [5.74, 6) is 0. The topological polar surface area (TPSA) is 49.8 Å². The molecule has 0 radical (unpaired) electrons. The third kappa shape index (κ3) is 1.22. The van der Waals surface area contributed by atoms with Crippen molar-refractivity contribution >= 4 is 11.0 Å². The fourth-order valence-corrected chi connectivity index (χ4v) is 2.05. The van der Waals surface area contributed by atoms with Crippen LogP contribution in [0.25, 0.3) is 11.0 Å². The van der Waals surface area contributed by atoms with Crippen molar-refractivity contribution < 1.29 is 0 Å². The Bertz CT molecular complexity index is 563. The van der Waals surface area contributed by atoms with E-state index in [0.717, 1.165) is 24.1 Å². The minimum atomic E-state index is 0.00194. The largest absolute Gasteiger partial charge is 0.326 e. The summed E-state index contributed by atoms with van der Waals surface area (Å²) in [5, 5.41) is 3.18. The van der Waals surface area contributed by atoms with E-state index >= 15 is 0 Å². The number of nitrogens with one attached hydrogen (secondary N) is 2. The Kier molecular flexibility index (Phi) is 1.73. The van der Waals surface area contributed by atoms with Crippen LogP contribution in [-0.2, 0) is 0 Å². The van der Waals surface area contributed by atoms with Crippen LogP contribution in [0.4, 0.5) is 0 Å². The van der Waals surface area contributed by atoms with E-state index in [2.05, 4.69) is 16.4 Å². The molecule has 3 rings (SSSR count). The van der Waals surface area contributed by atoms with Gasteiger partial charge in [0.1, 0.15) is 0 Å². The van der Waals surface area contributed by atoms with Gasteiger partial charge in [0.05, 0.1) is 17.1 Å². The standard InChI is InChI=1S/C11H13N3O/c1-7-2-3-9-10(4-7)14(11(15)13-9)8-5-12-6-8/h2-4,8,12H,5-6H2,1H3,(H,13,15). The zero-order valence-corrected chi connectivity index (χ0v) is 8.58. The van der Waals surface area contributed by atoms with Gasteiger partial charge >= 0.3 is 5.69 Å². The van der Waals surface area contributed by atoms with Gasteiger partial charge in [-0.2, -0.15) is 0 Å². The average molecular weight is 203 g/mol. The second-order valence-corrected chi connectivity index (χ2v) is 4.13. The molecule has 1 aliphatic rings. The SMILES string of the molecule is Cc1ccc2[nH]c(=O)n(C3CNC3)c2c1. The summed E-state index contributed by atoms with van der Waals surface area (Å²) < 4.78 is 1.86. The fourth-order valence-electron chi connectivity index (χ4n) is 2.05. The Morgan fingerprint density at radius 2 is 2.20 bits per heavy atom. The molecule has 1 aromatic carbocycles. The summed E-state index contributed by atoms with van der Waals surface area (Å²) in [6.45, 7) is 3.82. The highest BCUT2D eigenvalue weighted by atomic mass is 16.1. The van der Waals surface area contributed by atoms with E-state index in [-0.39, 0.29) is 5.69 Å². The van der Waals surface area contributed by atoms with E-state index in [1.54, 1.807) is 0 Å². The summed E-state index contributed by atoms with van der Waals surface area (Å²) in [4.78, 5) is 14.6. The van der Waals surface area contributed by atoms with Gasteiger partial charge in [0, 0.05) is 13.1 Å². The number of imidazole rings is 1. The van der Waals surface area contributed by atoms with Crippen molar-refractivity contribution in [3.8, 4) is 0 Å². The number of aromatic amines is 1. The summed E-state index contributed by atoms with van der Waals surface area (Å²) in [7, 11) is 0. The molecule has 4 nitrogen and oxygen atoms in total. The minimum absolute atomic E-state index is 0.00194. The molecule has 4 heteroatoms. The molecule has 0 saturated carbocycles. The summed E-state index contributed by atoms with van der Waals surface area (Å²) in [6.07, 6.45) is 0. The second kappa shape index (κ2) is 2.97. The molecular weight excluding hydrogens is 190 g/mol. The summed E-state index contributed by atoms with van der Waals surface area (Å²) in [5.41, 5.74) is 3.13. The Balaban J connectivity index is 2.29. The van der Waals surface area contributed by atoms with Crippen molar-refractivity contribution in [3.63, 3.8) is 0 Å². The number of rotatable bonds is 1. The maximum Gasteiger partial charge on any atom is 0.326 e. The van der Waals surface area contributed by atoms with Crippen LogP contribution in [0.5, 0.6) is 0 Å². The summed E-state index contributed by atoms with van der Waals surface area (Å²) in [6, 6.07) is 6.36. The van der Waals surface area contributed by atoms with Crippen molar-refractivity contribution in [3.05, 3.63) is 34.2 Å². The number of aryl methyl sites for hydroxylation is 1. The zero-order chi connectivity index (χ0) is 10.4. The molecule has 0 bridgehead atoms. The van der Waals surface area contributed by atoms with Gasteiger partial charge < -0.3 is 10.3 Å². The van der Waals surface area contributed by atoms with Crippen molar-refractivity contribution in [1.29, 1.82) is 0 Å². The molecule has 0 unspecified atom stereocenters. The average Bonchev–Trinajstić information content (AvgIpc) is 2.42. The molecule has 15 heavy (non-hydrogen) atoms.